The molecule has 0 unspecified atom stereocenters. The van der Waals surface area contributed by atoms with Gasteiger partial charge >= 0.3 is 0 Å². The first-order chi connectivity index (χ1) is 3.91. The van der Waals surface area contributed by atoms with Crippen molar-refractivity contribution in [3.8, 4) is 0 Å². The average molecular weight is 115 g/mol. The van der Waals surface area contributed by atoms with Crippen molar-refractivity contribution >= 4 is 0 Å². The molecule has 48 valence electrons. The molecule has 0 saturated heterocycles. The van der Waals surface area contributed by atoms with E-state index in [1.165, 1.54) is 0 Å². The van der Waals surface area contributed by atoms with Crippen LogP contribution >= 0.6 is 0 Å². The van der Waals surface area contributed by atoms with E-state index in [9.17, 15) is 0 Å². The van der Waals surface area contributed by atoms with Crippen LogP contribution in [0.2, 0.25) is 0 Å². The number of nitrogens with one attached hydrogen (secondary N) is 1. The molecule has 0 bridgehead atoms. The maximum absolute atomic E-state index is 4.79. The fourth-order valence-electron chi connectivity index (χ4n) is 0.362. The zero-order valence-electron chi connectivity index (χ0n) is 5.48. The van der Waals surface area contributed by atoms with Gasteiger partial charge in [-0.05, 0) is 13.1 Å². The summed E-state index contributed by atoms with van der Waals surface area (Å²) < 4.78 is 4.79. The van der Waals surface area contributed by atoms with E-state index < -0.39 is 0 Å². The fourth-order valence-corrected chi connectivity index (χ4v) is 0.362. The van der Waals surface area contributed by atoms with Crippen molar-refractivity contribution in [1.82, 2.24) is 5.32 Å². The second-order valence-electron chi connectivity index (χ2n) is 1.45. The molecule has 8 heavy (non-hydrogen) atoms. The summed E-state index contributed by atoms with van der Waals surface area (Å²) in [5, 5.41) is 3.03. The Labute approximate surface area is 50.5 Å². The van der Waals surface area contributed by atoms with Crippen LogP contribution in [0.4, 0.5) is 0 Å². The summed E-state index contributed by atoms with van der Waals surface area (Å²) in [4.78, 5) is 0. The molecule has 0 aliphatic rings. The van der Waals surface area contributed by atoms with Crippen LogP contribution in [0.5, 0.6) is 0 Å². The Morgan fingerprint density at radius 1 is 1.62 bits per heavy atom. The van der Waals surface area contributed by atoms with E-state index in [2.05, 4.69) is 5.32 Å². The van der Waals surface area contributed by atoms with Gasteiger partial charge in [-0.1, -0.05) is 6.08 Å². The summed E-state index contributed by atoms with van der Waals surface area (Å²) in [7, 11) is 1.69. The van der Waals surface area contributed by atoms with Gasteiger partial charge in [0.05, 0.1) is 6.61 Å². The molecule has 0 atom stereocenters. The van der Waals surface area contributed by atoms with Gasteiger partial charge < -0.3 is 10.1 Å². The molecular formula is C6H13NO. The first-order valence-corrected chi connectivity index (χ1v) is 2.75. The van der Waals surface area contributed by atoms with Crippen LogP contribution in [0.25, 0.3) is 0 Å². The summed E-state index contributed by atoms with van der Waals surface area (Å²) >= 11 is 0. The Bertz CT molecular complexity index is 61.5. The monoisotopic (exact) mass is 115 g/mol. The van der Waals surface area contributed by atoms with Gasteiger partial charge in [0.25, 0.3) is 0 Å². The number of allylic oxidation sites excluding steroid dienone is 1. The third-order valence-electron chi connectivity index (χ3n) is 0.735. The number of ether oxygens (including phenoxy) is 1. The minimum Gasteiger partial charge on any atom is -0.389 e. The van der Waals surface area contributed by atoms with Crippen LogP contribution in [-0.2, 0) is 4.74 Å². The first kappa shape index (κ1) is 7.50. The van der Waals surface area contributed by atoms with E-state index >= 15 is 0 Å². The van der Waals surface area contributed by atoms with E-state index in [4.69, 9.17) is 4.74 Å². The predicted molar refractivity (Wildman–Crippen MR) is 34.7 cm³/mol. The Morgan fingerprint density at radius 3 is 2.88 bits per heavy atom. The molecule has 2 heteroatoms. The van der Waals surface area contributed by atoms with Gasteiger partial charge in [0.15, 0.2) is 0 Å². The molecule has 0 spiro atoms. The van der Waals surface area contributed by atoms with E-state index in [1.807, 2.05) is 19.2 Å². The standard InChI is InChI=1S/C6H13NO/c1-3-4-7-5-6-8-2/h3-4,7H,5-6H2,1-2H3/b4-3+. The van der Waals surface area contributed by atoms with Crippen LogP contribution in [-0.4, -0.2) is 20.3 Å². The maximum Gasteiger partial charge on any atom is 0.0635 e. The van der Waals surface area contributed by atoms with Gasteiger partial charge in [-0.2, -0.15) is 0 Å². The Morgan fingerprint density at radius 2 is 2.38 bits per heavy atom. The molecule has 0 aromatic carbocycles. The van der Waals surface area contributed by atoms with Crippen molar-refractivity contribution in [2.24, 2.45) is 0 Å². The summed E-state index contributed by atoms with van der Waals surface area (Å²) in [5.74, 6) is 0. The van der Waals surface area contributed by atoms with Gasteiger partial charge in [-0.15, -0.1) is 0 Å². The smallest absolute Gasteiger partial charge is 0.0635 e. The highest BCUT2D eigenvalue weighted by atomic mass is 16.5. The van der Waals surface area contributed by atoms with Crippen LogP contribution in [0.3, 0.4) is 0 Å². The SMILES string of the molecule is C/C=C/NCCOC. The molecule has 0 aliphatic heterocycles. The highest BCUT2D eigenvalue weighted by Crippen LogP contribution is 1.65. The lowest BCUT2D eigenvalue weighted by Crippen LogP contribution is -2.11. The molecule has 0 rings (SSSR count). The molecule has 0 heterocycles. The van der Waals surface area contributed by atoms with Gasteiger partial charge in [0.2, 0.25) is 0 Å². The zero-order valence-corrected chi connectivity index (χ0v) is 5.48. The van der Waals surface area contributed by atoms with Crippen LogP contribution in [0, 0.1) is 0 Å². The molecule has 0 fully saturated rings. The van der Waals surface area contributed by atoms with Crippen LogP contribution in [0.1, 0.15) is 6.92 Å². The predicted octanol–water partition coefficient (Wildman–Crippen LogP) is 0.756. The molecule has 2 nitrogen and oxygen atoms in total. The molecule has 0 aromatic heterocycles. The molecule has 0 saturated carbocycles. The lowest BCUT2D eigenvalue weighted by Gasteiger charge is -1.95. The topological polar surface area (TPSA) is 21.3 Å². The molecule has 0 amide bonds. The largest absolute Gasteiger partial charge is 0.389 e. The quantitative estimate of drug-likeness (QED) is 0.546. The lowest BCUT2D eigenvalue weighted by molar-refractivity contribution is 0.203. The highest BCUT2D eigenvalue weighted by molar-refractivity contribution is 4.72. The van der Waals surface area contributed by atoms with Crippen molar-refractivity contribution in [2.75, 3.05) is 20.3 Å². The lowest BCUT2D eigenvalue weighted by atomic mass is 10.6. The van der Waals surface area contributed by atoms with E-state index in [0.717, 1.165) is 13.2 Å². The van der Waals surface area contributed by atoms with Crippen molar-refractivity contribution in [1.29, 1.82) is 0 Å². The van der Waals surface area contributed by atoms with Crippen molar-refractivity contribution in [3.63, 3.8) is 0 Å². The molecule has 0 aromatic rings. The minimum atomic E-state index is 0.768. The zero-order chi connectivity index (χ0) is 6.24. The van der Waals surface area contributed by atoms with Crippen molar-refractivity contribution in [3.05, 3.63) is 12.3 Å². The number of hydrogen-bond donors (Lipinski definition) is 1. The summed E-state index contributed by atoms with van der Waals surface area (Å²) in [6.07, 6.45) is 3.86. The number of rotatable bonds is 4. The Hall–Kier alpha value is -0.500. The fraction of sp³-hybridized carbons (Fsp3) is 0.667. The third kappa shape index (κ3) is 5.50. The van der Waals surface area contributed by atoms with Crippen molar-refractivity contribution in [2.45, 2.75) is 6.92 Å². The molecule has 0 aliphatic carbocycles. The highest BCUT2D eigenvalue weighted by Gasteiger charge is 1.74. The van der Waals surface area contributed by atoms with E-state index in [0.29, 0.717) is 0 Å². The number of methoxy groups -OCH3 is 1. The van der Waals surface area contributed by atoms with Crippen molar-refractivity contribution < 1.29 is 4.74 Å². The van der Waals surface area contributed by atoms with Gasteiger partial charge in [-0.3, -0.25) is 0 Å². The maximum atomic E-state index is 4.79. The van der Waals surface area contributed by atoms with Crippen LogP contribution < -0.4 is 5.32 Å². The normalized spacial score (nSPS) is 10.2. The molecule has 0 radical (unpaired) electrons. The van der Waals surface area contributed by atoms with Gasteiger partial charge in [0.1, 0.15) is 0 Å². The summed E-state index contributed by atoms with van der Waals surface area (Å²) in [5.41, 5.74) is 0. The Kier molecular flexibility index (Phi) is 6.09. The van der Waals surface area contributed by atoms with E-state index in [1.54, 1.807) is 7.11 Å². The number of hydrogen-bond acceptors (Lipinski definition) is 2. The minimum absolute atomic E-state index is 0.768. The second kappa shape index (κ2) is 6.50. The Balaban J connectivity index is 2.72. The third-order valence-corrected chi connectivity index (χ3v) is 0.735. The second-order valence-corrected chi connectivity index (χ2v) is 1.45. The molecular weight excluding hydrogens is 102 g/mol. The first-order valence-electron chi connectivity index (χ1n) is 2.75. The van der Waals surface area contributed by atoms with Gasteiger partial charge in [-0.25, -0.2) is 0 Å². The summed E-state index contributed by atoms with van der Waals surface area (Å²) in [6.45, 7) is 3.63. The van der Waals surface area contributed by atoms with E-state index in [-0.39, 0.29) is 0 Å². The average Bonchev–Trinajstić information content (AvgIpc) is 1.81. The van der Waals surface area contributed by atoms with Gasteiger partial charge in [0, 0.05) is 13.7 Å². The van der Waals surface area contributed by atoms with Crippen LogP contribution in [0.15, 0.2) is 12.3 Å². The molecule has 1 N–H and O–H groups in total. The summed E-state index contributed by atoms with van der Waals surface area (Å²) in [6, 6.07) is 0.